The number of methoxy groups -OCH3 is 1. The zero-order valence-electron chi connectivity index (χ0n) is 45.2. The molecule has 0 spiro atoms. The van der Waals surface area contributed by atoms with Crippen LogP contribution in [0.25, 0.3) is 0 Å². The van der Waals surface area contributed by atoms with Gasteiger partial charge in [0, 0.05) is 52.9 Å². The molecule has 73 heavy (non-hydrogen) atoms. The number of phenols is 1. The number of ether oxygens (including phenoxy) is 9. The molecule has 18 nitrogen and oxygen atoms in total. The average Bonchev–Trinajstić information content (AvgIpc) is 3.67. The van der Waals surface area contributed by atoms with E-state index in [0.717, 1.165) is 51.5 Å². The smallest absolute Gasteiger partial charge is 0.323 e. The SMILES string of the molecule is COC(=O)[C@@H](Cc1ccc(O)cc1)NCCC[C@](C)(O[C@H]1O[C@H](COC(C)=O)[C@@H](OC(C)=O)[C@H](OC(C)=O)[C@H]1OC(C)=O)C1CC[C@]2(C)[C@@H]1C(OC(C)=O)CC1[C@@]3(C)CC[C@H](OC(C)=O)C(C)(C)C3CC[C@]12C. The molecule has 16 atom stereocenters. The summed E-state index contributed by atoms with van der Waals surface area (Å²) >= 11 is 0. The number of aromatic hydroxyl groups is 1. The molecule has 1 heterocycles. The maximum absolute atomic E-state index is 13.4. The van der Waals surface area contributed by atoms with Gasteiger partial charge in [-0.25, -0.2) is 0 Å². The minimum absolute atomic E-state index is 0.0953. The summed E-state index contributed by atoms with van der Waals surface area (Å²) in [6.07, 6.45) is -1.55. The summed E-state index contributed by atoms with van der Waals surface area (Å²) in [5, 5.41) is 13.3. The summed E-state index contributed by atoms with van der Waals surface area (Å²) < 4.78 is 54.5. The maximum atomic E-state index is 13.4. The summed E-state index contributed by atoms with van der Waals surface area (Å²) in [7, 11) is 1.32. The van der Waals surface area contributed by atoms with E-state index in [-0.39, 0.29) is 64.2 Å². The van der Waals surface area contributed by atoms with Gasteiger partial charge in [-0.1, -0.05) is 46.8 Å². The summed E-state index contributed by atoms with van der Waals surface area (Å²) in [6.45, 7) is 21.0. The lowest BCUT2D eigenvalue weighted by molar-refractivity contribution is -0.339. The number of hydrogen-bond donors (Lipinski definition) is 2. The lowest BCUT2D eigenvalue weighted by Crippen LogP contribution is -2.67. The Morgan fingerprint density at radius 3 is 1.90 bits per heavy atom. The fourth-order valence-corrected chi connectivity index (χ4v) is 15.0. The molecule has 4 aliphatic carbocycles. The van der Waals surface area contributed by atoms with Crippen LogP contribution in [-0.4, -0.2) is 122 Å². The van der Waals surface area contributed by atoms with Crippen molar-refractivity contribution < 1.29 is 81.3 Å². The Hall–Kier alpha value is -4.81. The minimum atomic E-state index is -1.49. The van der Waals surface area contributed by atoms with Gasteiger partial charge in [0.05, 0.1) is 12.7 Å². The van der Waals surface area contributed by atoms with E-state index in [1.807, 2.05) is 6.92 Å². The van der Waals surface area contributed by atoms with Gasteiger partial charge in [0.25, 0.3) is 0 Å². The Balaban J connectivity index is 1.43. The van der Waals surface area contributed by atoms with E-state index < -0.39 is 96.3 Å². The van der Waals surface area contributed by atoms with Gasteiger partial charge in [-0.15, -0.1) is 0 Å². The molecule has 5 aliphatic rings. The lowest BCUT2D eigenvalue weighted by Gasteiger charge is -2.70. The van der Waals surface area contributed by atoms with Crippen molar-refractivity contribution in [2.75, 3.05) is 20.3 Å². The molecule has 1 aromatic carbocycles. The van der Waals surface area contributed by atoms with Gasteiger partial charge in [-0.2, -0.15) is 0 Å². The van der Waals surface area contributed by atoms with Crippen molar-refractivity contribution in [3.05, 3.63) is 29.8 Å². The first kappa shape index (κ1) is 57.5. The van der Waals surface area contributed by atoms with Crippen LogP contribution in [0.3, 0.4) is 0 Å². The van der Waals surface area contributed by atoms with Crippen LogP contribution in [0.5, 0.6) is 5.75 Å². The number of phenolic OH excluding ortho intramolecular Hbond substituents is 1. The highest BCUT2D eigenvalue weighted by Gasteiger charge is 2.73. The van der Waals surface area contributed by atoms with Gasteiger partial charge in [-0.05, 0) is 129 Å². The molecule has 0 aromatic heterocycles. The molecular weight excluding hydrogens is 947 g/mol. The third-order valence-corrected chi connectivity index (χ3v) is 18.1. The van der Waals surface area contributed by atoms with Crippen molar-refractivity contribution in [1.29, 1.82) is 0 Å². The average molecular weight is 1030 g/mol. The number of benzene rings is 1. The number of esters is 7. The van der Waals surface area contributed by atoms with Gasteiger partial charge < -0.3 is 53.1 Å². The minimum Gasteiger partial charge on any atom is -0.508 e. The van der Waals surface area contributed by atoms with Crippen molar-refractivity contribution in [2.24, 2.45) is 45.3 Å². The zero-order valence-corrected chi connectivity index (χ0v) is 45.2. The number of hydrogen-bond acceptors (Lipinski definition) is 18. The molecule has 0 radical (unpaired) electrons. The molecule has 4 unspecified atom stereocenters. The number of fused-ring (bicyclic) bond motifs is 5. The normalized spacial score (nSPS) is 35.5. The van der Waals surface area contributed by atoms with E-state index >= 15 is 0 Å². The van der Waals surface area contributed by atoms with Crippen LogP contribution in [0, 0.1) is 45.3 Å². The molecular formula is C55H81NO17. The van der Waals surface area contributed by atoms with Gasteiger partial charge in [0.2, 0.25) is 0 Å². The summed E-state index contributed by atoms with van der Waals surface area (Å²) in [5.41, 5.74) is -1.58. The van der Waals surface area contributed by atoms with Crippen molar-refractivity contribution in [2.45, 2.75) is 202 Å². The highest BCUT2D eigenvalue weighted by molar-refractivity contribution is 5.76. The van der Waals surface area contributed by atoms with Crippen LogP contribution in [-0.2, 0) is 82.6 Å². The van der Waals surface area contributed by atoms with Crippen molar-refractivity contribution in [3.63, 3.8) is 0 Å². The van der Waals surface area contributed by atoms with E-state index in [1.165, 1.54) is 34.8 Å². The molecule has 4 saturated carbocycles. The summed E-state index contributed by atoms with van der Waals surface area (Å²) in [5.74, 6) is -4.31. The number of carbonyl (C=O) groups excluding carboxylic acids is 7. The highest BCUT2D eigenvalue weighted by atomic mass is 16.7. The second-order valence-corrected chi connectivity index (χ2v) is 23.0. The van der Waals surface area contributed by atoms with Crippen LogP contribution in [0.1, 0.15) is 146 Å². The Kier molecular flexibility index (Phi) is 17.8. The summed E-state index contributed by atoms with van der Waals surface area (Å²) in [6, 6.07) is 5.83. The van der Waals surface area contributed by atoms with E-state index in [0.29, 0.717) is 32.2 Å². The topological polar surface area (TPSA) is 235 Å². The molecule has 5 fully saturated rings. The van der Waals surface area contributed by atoms with Gasteiger partial charge >= 0.3 is 41.8 Å². The fourth-order valence-electron chi connectivity index (χ4n) is 15.0. The van der Waals surface area contributed by atoms with E-state index in [1.54, 1.807) is 24.3 Å². The van der Waals surface area contributed by atoms with Crippen LogP contribution in [0.4, 0.5) is 0 Å². The molecule has 1 aliphatic heterocycles. The third kappa shape index (κ3) is 12.0. The number of rotatable bonds is 18. The first-order valence-corrected chi connectivity index (χ1v) is 26.0. The first-order valence-electron chi connectivity index (χ1n) is 26.0. The fraction of sp³-hybridized carbons (Fsp3) is 0.764. The third-order valence-electron chi connectivity index (χ3n) is 18.1. The standard InChI is InChI=1S/C55H81NO17/c1-30(57)66-29-41-46(69-33(4)60)47(70-34(5)61)48(71-35(6)62)50(72-41)73-55(12,22-14-26-56-39(49(64)65-13)27-36-15-17-37(63)18-16-36)38-19-24-54(11)45(38)40(67-31(2)58)28-43-52(9)23-21-44(68-32(3)59)51(7,8)42(52)20-25-53(43,54)10/h15-18,38-48,50,56,63H,14,19-29H2,1-13H3/t38?,39-,40?,41-,42?,43?,44+,45+,46-,47+,48-,50-,52+,53-,54-,55+/m1/s1. The van der Waals surface area contributed by atoms with Crippen LogP contribution in [0.15, 0.2) is 24.3 Å². The highest BCUT2D eigenvalue weighted by Crippen LogP contribution is 2.76. The molecule has 408 valence electrons. The largest absolute Gasteiger partial charge is 0.508 e. The van der Waals surface area contributed by atoms with E-state index in [9.17, 15) is 38.7 Å². The Morgan fingerprint density at radius 1 is 0.726 bits per heavy atom. The van der Waals surface area contributed by atoms with E-state index in [4.69, 9.17) is 42.6 Å². The van der Waals surface area contributed by atoms with Crippen LogP contribution >= 0.6 is 0 Å². The van der Waals surface area contributed by atoms with E-state index in [2.05, 4.69) is 39.9 Å². The predicted octanol–water partition coefficient (Wildman–Crippen LogP) is 6.86. The Bertz CT molecular complexity index is 2200. The van der Waals surface area contributed by atoms with Crippen LogP contribution in [0.2, 0.25) is 0 Å². The number of carbonyl (C=O) groups is 7. The molecule has 18 heteroatoms. The molecule has 1 aromatic rings. The molecule has 2 N–H and O–H groups in total. The van der Waals surface area contributed by atoms with Crippen molar-refractivity contribution >= 4 is 41.8 Å². The lowest BCUT2D eigenvalue weighted by atomic mass is 9.35. The Labute approximate surface area is 430 Å². The Morgan fingerprint density at radius 2 is 1.32 bits per heavy atom. The second kappa shape index (κ2) is 22.6. The molecule has 0 amide bonds. The predicted molar refractivity (Wildman–Crippen MR) is 262 cm³/mol. The molecule has 1 saturated heterocycles. The van der Waals surface area contributed by atoms with Gasteiger partial charge in [0.1, 0.15) is 36.7 Å². The summed E-state index contributed by atoms with van der Waals surface area (Å²) in [4.78, 5) is 89.7. The zero-order chi connectivity index (χ0) is 54.0. The van der Waals surface area contributed by atoms with Crippen molar-refractivity contribution in [3.8, 4) is 5.75 Å². The van der Waals surface area contributed by atoms with Crippen molar-refractivity contribution in [1.82, 2.24) is 5.32 Å². The quantitative estimate of drug-likeness (QED) is 0.0868. The maximum Gasteiger partial charge on any atom is 0.323 e. The second-order valence-electron chi connectivity index (χ2n) is 23.0. The number of nitrogens with one attached hydrogen (secondary N) is 1. The van der Waals surface area contributed by atoms with Crippen LogP contribution < -0.4 is 5.32 Å². The van der Waals surface area contributed by atoms with Gasteiger partial charge in [0.15, 0.2) is 24.6 Å². The molecule has 0 bridgehead atoms. The molecule has 6 rings (SSSR count). The van der Waals surface area contributed by atoms with Gasteiger partial charge in [-0.3, -0.25) is 33.6 Å². The first-order chi connectivity index (χ1) is 34.1. The monoisotopic (exact) mass is 1030 g/mol.